The van der Waals surface area contributed by atoms with Crippen LogP contribution in [0.3, 0.4) is 0 Å². The highest BCUT2D eigenvalue weighted by atomic mass is 16.2. The maximum Gasteiger partial charge on any atom is 0.315 e. The lowest BCUT2D eigenvalue weighted by molar-refractivity contribution is -0.121. The van der Waals surface area contributed by atoms with E-state index in [4.69, 9.17) is 0 Å². The second-order valence-electron chi connectivity index (χ2n) is 6.27. The average Bonchev–Trinajstić information content (AvgIpc) is 2.64. The molecular weight excluding hydrogens is 314 g/mol. The van der Waals surface area contributed by atoms with Gasteiger partial charge < -0.3 is 15.5 Å². The van der Waals surface area contributed by atoms with Gasteiger partial charge in [0, 0.05) is 19.3 Å². The molecule has 25 heavy (non-hydrogen) atoms. The van der Waals surface area contributed by atoms with Gasteiger partial charge in [-0.25, -0.2) is 4.79 Å². The van der Waals surface area contributed by atoms with E-state index < -0.39 is 6.04 Å². The standard InChI is InChI=1S/C20H25N3O2/c1-15(2)18(19(24)23(3)17-12-8-5-9-13-17)22-20(25)21-14-16-10-6-4-7-11-16/h4-13,15,18H,14H2,1-3H3,(H2,21,22,25). The number of hydrogen-bond donors (Lipinski definition) is 2. The molecule has 3 amide bonds. The molecule has 0 aliphatic heterocycles. The highest BCUT2D eigenvalue weighted by Gasteiger charge is 2.27. The molecule has 0 aliphatic carbocycles. The lowest BCUT2D eigenvalue weighted by Crippen LogP contribution is -2.52. The normalized spacial score (nSPS) is 11.7. The summed E-state index contributed by atoms with van der Waals surface area (Å²) in [6.07, 6.45) is 0. The highest BCUT2D eigenvalue weighted by Crippen LogP contribution is 2.15. The lowest BCUT2D eigenvalue weighted by atomic mass is 10.0. The predicted molar refractivity (Wildman–Crippen MR) is 100 cm³/mol. The molecule has 0 fully saturated rings. The van der Waals surface area contributed by atoms with Gasteiger partial charge in [-0.1, -0.05) is 62.4 Å². The van der Waals surface area contributed by atoms with E-state index in [1.807, 2.05) is 74.5 Å². The van der Waals surface area contributed by atoms with Crippen LogP contribution in [0.25, 0.3) is 0 Å². The van der Waals surface area contributed by atoms with Gasteiger partial charge in [0.2, 0.25) is 5.91 Å². The van der Waals surface area contributed by atoms with Crippen molar-refractivity contribution in [2.45, 2.75) is 26.4 Å². The fourth-order valence-electron chi connectivity index (χ4n) is 2.47. The quantitative estimate of drug-likeness (QED) is 0.849. The third kappa shape index (κ3) is 5.35. The minimum Gasteiger partial charge on any atom is -0.334 e. The van der Waals surface area contributed by atoms with Crippen LogP contribution in [0.5, 0.6) is 0 Å². The molecule has 5 heteroatoms. The van der Waals surface area contributed by atoms with Crippen LogP contribution in [-0.2, 0) is 11.3 Å². The Morgan fingerprint density at radius 1 is 0.960 bits per heavy atom. The van der Waals surface area contributed by atoms with E-state index in [0.717, 1.165) is 11.3 Å². The summed E-state index contributed by atoms with van der Waals surface area (Å²) in [5.74, 6) is -0.169. The molecular formula is C20H25N3O2. The van der Waals surface area contributed by atoms with Gasteiger partial charge in [0.25, 0.3) is 0 Å². The first-order chi connectivity index (χ1) is 12.0. The summed E-state index contributed by atoms with van der Waals surface area (Å²) >= 11 is 0. The molecule has 2 N–H and O–H groups in total. The molecule has 1 atom stereocenters. The van der Waals surface area contributed by atoms with Crippen LogP contribution >= 0.6 is 0 Å². The van der Waals surface area contributed by atoms with Crippen molar-refractivity contribution in [3.05, 3.63) is 66.2 Å². The van der Waals surface area contributed by atoms with Crippen LogP contribution in [0, 0.1) is 5.92 Å². The van der Waals surface area contributed by atoms with Gasteiger partial charge in [-0.05, 0) is 23.6 Å². The molecule has 0 bridgehead atoms. The Balaban J connectivity index is 1.97. The molecule has 0 saturated carbocycles. The number of carbonyl (C=O) groups excluding carboxylic acids is 2. The van der Waals surface area contributed by atoms with Crippen LogP contribution < -0.4 is 15.5 Å². The second kappa shape index (κ2) is 8.87. The summed E-state index contributed by atoms with van der Waals surface area (Å²) in [6, 6.07) is 18.1. The molecule has 0 aliphatic rings. The van der Waals surface area contributed by atoms with Crippen molar-refractivity contribution in [3.8, 4) is 0 Å². The van der Waals surface area contributed by atoms with Crippen molar-refractivity contribution in [2.24, 2.45) is 5.92 Å². The van der Waals surface area contributed by atoms with Crippen molar-refractivity contribution in [1.29, 1.82) is 0 Å². The molecule has 0 heterocycles. The van der Waals surface area contributed by atoms with E-state index in [2.05, 4.69) is 10.6 Å². The molecule has 1 unspecified atom stereocenters. The zero-order valence-corrected chi connectivity index (χ0v) is 14.9. The summed E-state index contributed by atoms with van der Waals surface area (Å²) < 4.78 is 0. The number of hydrogen-bond acceptors (Lipinski definition) is 2. The molecule has 132 valence electrons. The number of para-hydroxylation sites is 1. The zero-order chi connectivity index (χ0) is 18.2. The second-order valence-corrected chi connectivity index (χ2v) is 6.27. The van der Waals surface area contributed by atoms with Gasteiger partial charge in [0.1, 0.15) is 6.04 Å². The highest BCUT2D eigenvalue weighted by molar-refractivity contribution is 5.98. The third-order valence-electron chi connectivity index (χ3n) is 3.99. The fraction of sp³-hybridized carbons (Fsp3) is 0.300. The predicted octanol–water partition coefficient (Wildman–Crippen LogP) is 3.17. The first kappa shape index (κ1) is 18.5. The summed E-state index contributed by atoms with van der Waals surface area (Å²) in [5.41, 5.74) is 1.80. The zero-order valence-electron chi connectivity index (χ0n) is 14.9. The first-order valence-electron chi connectivity index (χ1n) is 8.40. The monoisotopic (exact) mass is 339 g/mol. The Hall–Kier alpha value is -2.82. The largest absolute Gasteiger partial charge is 0.334 e. The summed E-state index contributed by atoms with van der Waals surface area (Å²) in [6.45, 7) is 4.25. The van der Waals surface area contributed by atoms with E-state index in [1.165, 1.54) is 0 Å². The number of nitrogens with one attached hydrogen (secondary N) is 2. The number of anilines is 1. The maximum atomic E-state index is 12.8. The van der Waals surface area contributed by atoms with Gasteiger partial charge in [0.15, 0.2) is 0 Å². The number of benzene rings is 2. The Labute approximate surface area is 149 Å². The number of rotatable bonds is 6. The summed E-state index contributed by atoms with van der Waals surface area (Å²) in [4.78, 5) is 26.6. The minimum atomic E-state index is -0.596. The van der Waals surface area contributed by atoms with Crippen LogP contribution in [-0.4, -0.2) is 25.0 Å². The molecule has 0 spiro atoms. The first-order valence-corrected chi connectivity index (χ1v) is 8.40. The Morgan fingerprint density at radius 2 is 1.52 bits per heavy atom. The molecule has 0 radical (unpaired) electrons. The fourth-order valence-corrected chi connectivity index (χ4v) is 2.47. The SMILES string of the molecule is CC(C)C(NC(=O)NCc1ccccc1)C(=O)N(C)c1ccccc1. The van der Waals surface area contributed by atoms with Crippen molar-refractivity contribution < 1.29 is 9.59 Å². The molecule has 2 rings (SSSR count). The molecule has 5 nitrogen and oxygen atoms in total. The Kier molecular flexibility index (Phi) is 6.57. The Morgan fingerprint density at radius 3 is 2.08 bits per heavy atom. The van der Waals surface area contributed by atoms with E-state index in [9.17, 15) is 9.59 Å². The molecule has 2 aromatic carbocycles. The summed E-state index contributed by atoms with van der Waals surface area (Å²) in [7, 11) is 1.72. The van der Waals surface area contributed by atoms with Crippen molar-refractivity contribution in [3.63, 3.8) is 0 Å². The van der Waals surface area contributed by atoms with E-state index in [0.29, 0.717) is 6.54 Å². The van der Waals surface area contributed by atoms with Gasteiger partial charge in [-0.2, -0.15) is 0 Å². The van der Waals surface area contributed by atoms with Crippen molar-refractivity contribution >= 4 is 17.6 Å². The smallest absolute Gasteiger partial charge is 0.315 e. The minimum absolute atomic E-state index is 0.0267. The molecule has 2 aromatic rings. The van der Waals surface area contributed by atoms with Crippen LogP contribution in [0.2, 0.25) is 0 Å². The van der Waals surface area contributed by atoms with E-state index >= 15 is 0 Å². The third-order valence-corrected chi connectivity index (χ3v) is 3.99. The Bertz CT molecular complexity index is 687. The number of carbonyl (C=O) groups is 2. The van der Waals surface area contributed by atoms with Crippen LogP contribution in [0.15, 0.2) is 60.7 Å². The van der Waals surface area contributed by atoms with Crippen LogP contribution in [0.1, 0.15) is 19.4 Å². The number of nitrogens with zero attached hydrogens (tertiary/aromatic N) is 1. The number of amides is 3. The molecule has 0 aromatic heterocycles. The van der Waals surface area contributed by atoms with Crippen molar-refractivity contribution in [1.82, 2.24) is 10.6 Å². The van der Waals surface area contributed by atoms with Crippen LogP contribution in [0.4, 0.5) is 10.5 Å². The van der Waals surface area contributed by atoms with Gasteiger partial charge in [-0.15, -0.1) is 0 Å². The van der Waals surface area contributed by atoms with Gasteiger partial charge >= 0.3 is 6.03 Å². The molecule has 0 saturated heterocycles. The number of urea groups is 1. The topological polar surface area (TPSA) is 61.4 Å². The van der Waals surface area contributed by atoms with Crippen molar-refractivity contribution in [2.75, 3.05) is 11.9 Å². The lowest BCUT2D eigenvalue weighted by Gasteiger charge is -2.27. The summed E-state index contributed by atoms with van der Waals surface area (Å²) in [5, 5.41) is 5.59. The van der Waals surface area contributed by atoms with Gasteiger partial charge in [0.05, 0.1) is 0 Å². The van der Waals surface area contributed by atoms with Gasteiger partial charge in [-0.3, -0.25) is 4.79 Å². The average molecular weight is 339 g/mol. The van der Waals surface area contributed by atoms with E-state index in [-0.39, 0.29) is 17.9 Å². The van der Waals surface area contributed by atoms with E-state index in [1.54, 1.807) is 11.9 Å². The number of likely N-dealkylation sites (N-methyl/N-ethyl adjacent to an activating group) is 1. The maximum absolute atomic E-state index is 12.8.